The van der Waals surface area contributed by atoms with Crippen molar-refractivity contribution in [3.63, 3.8) is 0 Å². The number of nitrogens with zero attached hydrogens (tertiary/aromatic N) is 3. The molecule has 1 aromatic carbocycles. The van der Waals surface area contributed by atoms with Crippen molar-refractivity contribution in [2.24, 2.45) is 5.11 Å². The van der Waals surface area contributed by atoms with Crippen LogP contribution in [0.1, 0.15) is 58.9 Å². The summed E-state index contributed by atoms with van der Waals surface area (Å²) in [5, 5.41) is 3.20. The predicted molar refractivity (Wildman–Crippen MR) is 87.9 cm³/mol. The van der Waals surface area contributed by atoms with E-state index in [0.29, 0.717) is 0 Å². The summed E-state index contributed by atoms with van der Waals surface area (Å²) in [7, 11) is 0. The molecule has 0 aliphatic heterocycles. The highest BCUT2D eigenvalue weighted by atomic mass is 16.5. The Kier molecular flexibility index (Phi) is 6.93. The largest absolute Gasteiger partial charge is 0.491 e. The maximum atomic E-state index is 11.8. The van der Waals surface area contributed by atoms with E-state index in [4.69, 9.17) is 10.3 Å². The second-order valence-electron chi connectivity index (χ2n) is 6.07. The zero-order chi connectivity index (χ0) is 16.6. The highest BCUT2D eigenvalue weighted by Crippen LogP contribution is 2.27. The van der Waals surface area contributed by atoms with Gasteiger partial charge in [-0.15, -0.1) is 0 Å². The van der Waals surface area contributed by atoms with Gasteiger partial charge in [0.1, 0.15) is 5.75 Å². The predicted octanol–water partition coefficient (Wildman–Crippen LogP) is 5.15. The van der Waals surface area contributed by atoms with Crippen molar-refractivity contribution < 1.29 is 9.53 Å². The molecule has 1 unspecified atom stereocenters. The lowest BCUT2D eigenvalue weighted by atomic mass is 9.84. The summed E-state index contributed by atoms with van der Waals surface area (Å²) in [5.74, 6) is 0.302. The molecule has 0 radical (unpaired) electrons. The molecule has 1 rings (SSSR count). The summed E-state index contributed by atoms with van der Waals surface area (Å²) in [6.07, 6.45) is 4.81. The molecule has 0 aromatic heterocycles. The normalized spacial score (nSPS) is 12.4. The van der Waals surface area contributed by atoms with Crippen molar-refractivity contribution >= 4 is 5.91 Å². The Bertz CT molecular complexity index is 531. The van der Waals surface area contributed by atoms with Crippen LogP contribution in [0.3, 0.4) is 0 Å². The molecule has 0 saturated heterocycles. The minimum atomic E-state index is -0.836. The molecule has 5 nitrogen and oxygen atoms in total. The zero-order valence-corrected chi connectivity index (χ0v) is 13.9. The van der Waals surface area contributed by atoms with Gasteiger partial charge in [-0.1, -0.05) is 31.9 Å². The summed E-state index contributed by atoms with van der Waals surface area (Å²) in [6.45, 7) is 7.74. The van der Waals surface area contributed by atoms with E-state index in [1.807, 2.05) is 24.3 Å². The third kappa shape index (κ3) is 5.08. The lowest BCUT2D eigenvalue weighted by molar-refractivity contribution is -0.122. The molecule has 0 N–H and O–H groups in total. The molecule has 5 heteroatoms. The van der Waals surface area contributed by atoms with Crippen LogP contribution >= 0.6 is 0 Å². The highest BCUT2D eigenvalue weighted by Gasteiger charge is 2.28. The molecule has 0 aliphatic carbocycles. The summed E-state index contributed by atoms with van der Waals surface area (Å²) in [6, 6.07) is 7.41. The van der Waals surface area contributed by atoms with Gasteiger partial charge < -0.3 is 4.74 Å². The number of carbonyl (C=O) groups excluding carboxylic acids is 1. The van der Waals surface area contributed by atoms with Gasteiger partial charge in [-0.3, -0.25) is 4.79 Å². The standard InChI is InChI=1S/C17H25N3O2/c1-5-6-7-8-13(2)22-15-11-9-14(10-12-15)17(3,4)16(21)19-20-18/h9-13H,5-8H2,1-4H3. The number of rotatable bonds is 8. The summed E-state index contributed by atoms with van der Waals surface area (Å²) >= 11 is 0. The average molecular weight is 303 g/mol. The van der Waals surface area contributed by atoms with Crippen molar-refractivity contribution in [2.45, 2.75) is 64.9 Å². The van der Waals surface area contributed by atoms with E-state index < -0.39 is 11.3 Å². The van der Waals surface area contributed by atoms with Crippen LogP contribution in [0.15, 0.2) is 29.4 Å². The van der Waals surface area contributed by atoms with E-state index in [9.17, 15) is 4.79 Å². The molecular weight excluding hydrogens is 278 g/mol. The lowest BCUT2D eigenvalue weighted by Gasteiger charge is -2.22. The molecule has 0 saturated carbocycles. The van der Waals surface area contributed by atoms with Crippen LogP contribution in [-0.2, 0) is 10.2 Å². The second kappa shape index (κ2) is 8.44. The van der Waals surface area contributed by atoms with Crippen molar-refractivity contribution in [3.05, 3.63) is 40.3 Å². The van der Waals surface area contributed by atoms with Crippen molar-refractivity contribution in [2.75, 3.05) is 0 Å². The number of carbonyl (C=O) groups is 1. The SMILES string of the molecule is CCCCCC(C)Oc1ccc(C(C)(C)C(=O)N=[N+]=[N-])cc1. The molecule has 0 spiro atoms. The third-order valence-corrected chi connectivity index (χ3v) is 3.80. The molecule has 0 aliphatic rings. The van der Waals surface area contributed by atoms with Crippen LogP contribution in [0.5, 0.6) is 5.75 Å². The fraction of sp³-hybridized carbons (Fsp3) is 0.588. The summed E-state index contributed by atoms with van der Waals surface area (Å²) in [5.41, 5.74) is 8.36. The zero-order valence-electron chi connectivity index (χ0n) is 13.9. The first-order valence-electron chi connectivity index (χ1n) is 7.78. The van der Waals surface area contributed by atoms with Crippen molar-refractivity contribution in [1.29, 1.82) is 0 Å². The fourth-order valence-corrected chi connectivity index (χ4v) is 2.21. The van der Waals surface area contributed by atoms with Gasteiger partial charge in [0.15, 0.2) is 0 Å². The van der Waals surface area contributed by atoms with Gasteiger partial charge in [0.25, 0.3) is 0 Å². The van der Waals surface area contributed by atoms with Gasteiger partial charge in [0.2, 0.25) is 5.91 Å². The fourth-order valence-electron chi connectivity index (χ4n) is 2.21. The van der Waals surface area contributed by atoms with Crippen LogP contribution in [-0.4, -0.2) is 12.0 Å². The van der Waals surface area contributed by atoms with Gasteiger partial charge in [0, 0.05) is 4.91 Å². The molecule has 1 amide bonds. The second-order valence-corrected chi connectivity index (χ2v) is 6.07. The quantitative estimate of drug-likeness (QED) is 0.288. The topological polar surface area (TPSA) is 75.1 Å². The van der Waals surface area contributed by atoms with E-state index in [0.717, 1.165) is 17.7 Å². The van der Waals surface area contributed by atoms with Crippen LogP contribution in [0, 0.1) is 0 Å². The maximum Gasteiger partial charge on any atom is 0.228 e. The molecule has 22 heavy (non-hydrogen) atoms. The van der Waals surface area contributed by atoms with Gasteiger partial charge in [-0.25, -0.2) is 0 Å². The number of unbranched alkanes of at least 4 members (excludes halogenated alkanes) is 2. The number of azide groups is 1. The van der Waals surface area contributed by atoms with Crippen LogP contribution < -0.4 is 4.74 Å². The summed E-state index contributed by atoms with van der Waals surface area (Å²) in [4.78, 5) is 14.4. The minimum Gasteiger partial charge on any atom is -0.491 e. The van der Waals surface area contributed by atoms with E-state index >= 15 is 0 Å². The molecule has 120 valence electrons. The first kappa shape index (κ1) is 18.1. The summed E-state index contributed by atoms with van der Waals surface area (Å²) < 4.78 is 5.87. The third-order valence-electron chi connectivity index (χ3n) is 3.80. The Labute approximate surface area is 132 Å². The van der Waals surface area contributed by atoms with E-state index in [-0.39, 0.29) is 6.10 Å². The average Bonchev–Trinajstić information content (AvgIpc) is 2.48. The van der Waals surface area contributed by atoms with E-state index in [1.54, 1.807) is 13.8 Å². The Balaban J connectivity index is 2.70. The molecule has 1 atom stereocenters. The first-order chi connectivity index (χ1) is 10.4. The van der Waals surface area contributed by atoms with Crippen molar-refractivity contribution in [1.82, 2.24) is 0 Å². The Morgan fingerprint density at radius 2 is 1.95 bits per heavy atom. The Morgan fingerprint density at radius 3 is 2.50 bits per heavy atom. The molecule has 0 bridgehead atoms. The number of ether oxygens (including phenoxy) is 1. The lowest BCUT2D eigenvalue weighted by Crippen LogP contribution is -2.26. The maximum absolute atomic E-state index is 11.8. The van der Waals surface area contributed by atoms with Gasteiger partial charge >= 0.3 is 0 Å². The minimum absolute atomic E-state index is 0.176. The number of hydrogen-bond donors (Lipinski definition) is 0. The molecule has 0 fully saturated rings. The van der Waals surface area contributed by atoms with Gasteiger partial charge in [-0.2, -0.15) is 0 Å². The van der Waals surface area contributed by atoms with Gasteiger partial charge in [0.05, 0.1) is 11.5 Å². The van der Waals surface area contributed by atoms with Crippen LogP contribution in [0.2, 0.25) is 0 Å². The van der Waals surface area contributed by atoms with Crippen LogP contribution in [0.4, 0.5) is 0 Å². The number of amides is 1. The van der Waals surface area contributed by atoms with Crippen molar-refractivity contribution in [3.8, 4) is 5.75 Å². The molecular formula is C17H25N3O2. The Hall–Kier alpha value is -2.00. The first-order valence-corrected chi connectivity index (χ1v) is 7.78. The van der Waals surface area contributed by atoms with E-state index in [2.05, 4.69) is 23.9 Å². The number of hydrogen-bond acceptors (Lipinski definition) is 2. The van der Waals surface area contributed by atoms with Gasteiger partial charge in [-0.05, 0) is 62.0 Å². The highest BCUT2D eigenvalue weighted by molar-refractivity contribution is 5.88. The van der Waals surface area contributed by atoms with E-state index in [1.165, 1.54) is 19.3 Å². The Morgan fingerprint density at radius 1 is 1.32 bits per heavy atom. The molecule has 0 heterocycles. The monoisotopic (exact) mass is 303 g/mol. The smallest absolute Gasteiger partial charge is 0.228 e. The number of benzene rings is 1. The molecule has 1 aromatic rings. The van der Waals surface area contributed by atoms with Crippen LogP contribution in [0.25, 0.3) is 10.4 Å².